The van der Waals surface area contributed by atoms with Gasteiger partial charge < -0.3 is 0 Å². The molecule has 0 saturated heterocycles. The van der Waals surface area contributed by atoms with Gasteiger partial charge in [0.15, 0.2) is 0 Å². The fourth-order valence-corrected chi connectivity index (χ4v) is 1.84. The summed E-state index contributed by atoms with van der Waals surface area (Å²) in [4.78, 5) is 8.57. The number of hydrogen-bond acceptors (Lipinski definition) is 2. The fourth-order valence-electron chi connectivity index (χ4n) is 1.73. The van der Waals surface area contributed by atoms with Crippen molar-refractivity contribution >= 4 is 11.6 Å². The Hall–Kier alpha value is -1.41. The van der Waals surface area contributed by atoms with E-state index < -0.39 is 0 Å². The van der Waals surface area contributed by atoms with E-state index in [0.717, 1.165) is 11.4 Å². The highest BCUT2D eigenvalue weighted by Gasteiger charge is 2.14. The molecule has 23 heavy (non-hydrogen) atoms. The maximum absolute atomic E-state index is 5.70. The van der Waals surface area contributed by atoms with Gasteiger partial charge in [-0.3, -0.25) is 9.97 Å². The molecular weight excluding hydrogens is 304 g/mol. The van der Waals surface area contributed by atoms with Gasteiger partial charge in [-0.15, -0.1) is 0 Å². The van der Waals surface area contributed by atoms with Crippen molar-refractivity contribution in [3.05, 3.63) is 58.6 Å². The minimum Gasteiger partial charge on any atom is -0.260 e. The molecule has 0 aromatic carbocycles. The Bertz CT molecular complexity index is 518. The Morgan fingerprint density at radius 1 is 0.739 bits per heavy atom. The standard InChI is InChI=1S/C10H15N.C9H12ClN.CH4/c1-8-5-6-9(11-7-8)10(2,3)4;1-9(2,3)8-5-4-7(10)6-11-8;/h5-7H,1-4H3;4-6H,1-3H3;1H4. The number of rotatable bonds is 0. The predicted octanol–water partition coefficient (Wildman–Crippen LogP) is 6.36. The lowest BCUT2D eigenvalue weighted by Gasteiger charge is -2.17. The molecule has 0 aliphatic heterocycles. The fraction of sp³-hybridized carbons (Fsp3) is 0.500. The van der Waals surface area contributed by atoms with Crippen LogP contribution in [0.5, 0.6) is 0 Å². The monoisotopic (exact) mass is 334 g/mol. The van der Waals surface area contributed by atoms with Crippen molar-refractivity contribution in [3.63, 3.8) is 0 Å². The highest BCUT2D eigenvalue weighted by molar-refractivity contribution is 6.30. The molecule has 2 aromatic rings. The Labute approximate surface area is 147 Å². The van der Waals surface area contributed by atoms with Gasteiger partial charge in [0, 0.05) is 34.6 Å². The number of halogens is 1. The summed E-state index contributed by atoms with van der Waals surface area (Å²) >= 11 is 5.70. The molecule has 0 unspecified atom stereocenters. The molecule has 0 bridgehead atoms. The molecule has 0 atom stereocenters. The van der Waals surface area contributed by atoms with E-state index in [1.807, 2.05) is 18.3 Å². The van der Waals surface area contributed by atoms with Crippen LogP contribution in [0.3, 0.4) is 0 Å². The second-order valence-corrected chi connectivity index (χ2v) is 8.02. The van der Waals surface area contributed by atoms with Gasteiger partial charge in [0.2, 0.25) is 0 Å². The summed E-state index contributed by atoms with van der Waals surface area (Å²) < 4.78 is 0. The summed E-state index contributed by atoms with van der Waals surface area (Å²) in [6, 6.07) is 8.03. The van der Waals surface area contributed by atoms with Gasteiger partial charge in [-0.2, -0.15) is 0 Å². The Balaban J connectivity index is 0.000000403. The van der Waals surface area contributed by atoms with Crippen LogP contribution in [0.1, 0.15) is 65.9 Å². The number of aryl methyl sites for hydroxylation is 1. The van der Waals surface area contributed by atoms with Crippen LogP contribution in [0.2, 0.25) is 5.02 Å². The van der Waals surface area contributed by atoms with Crippen molar-refractivity contribution in [3.8, 4) is 0 Å². The summed E-state index contributed by atoms with van der Waals surface area (Å²) in [7, 11) is 0. The van der Waals surface area contributed by atoms with Crippen molar-refractivity contribution in [1.82, 2.24) is 9.97 Å². The average Bonchev–Trinajstić information content (AvgIpc) is 2.38. The van der Waals surface area contributed by atoms with Crippen LogP contribution in [-0.4, -0.2) is 9.97 Å². The lowest BCUT2D eigenvalue weighted by Crippen LogP contribution is -2.12. The normalized spacial score (nSPS) is 11.1. The van der Waals surface area contributed by atoms with Crippen molar-refractivity contribution in [2.75, 3.05) is 0 Å². The van der Waals surface area contributed by atoms with Crippen molar-refractivity contribution in [2.24, 2.45) is 0 Å². The molecule has 2 aromatic heterocycles. The van der Waals surface area contributed by atoms with Crippen molar-refractivity contribution in [2.45, 2.75) is 66.7 Å². The van der Waals surface area contributed by atoms with Crippen LogP contribution in [-0.2, 0) is 10.8 Å². The molecule has 0 N–H and O–H groups in total. The van der Waals surface area contributed by atoms with Crippen LogP contribution >= 0.6 is 11.6 Å². The van der Waals surface area contributed by atoms with E-state index in [1.54, 1.807) is 6.20 Å². The van der Waals surface area contributed by atoms with E-state index in [1.165, 1.54) is 5.56 Å². The number of aromatic nitrogens is 2. The summed E-state index contributed by atoms with van der Waals surface area (Å²) in [5, 5.41) is 0.693. The smallest absolute Gasteiger partial charge is 0.0589 e. The highest BCUT2D eigenvalue weighted by Crippen LogP contribution is 2.20. The maximum atomic E-state index is 5.70. The zero-order valence-electron chi connectivity index (χ0n) is 14.7. The summed E-state index contributed by atoms with van der Waals surface area (Å²) in [6.07, 6.45) is 3.60. The summed E-state index contributed by atoms with van der Waals surface area (Å²) in [6.45, 7) is 15.0. The van der Waals surface area contributed by atoms with E-state index in [-0.39, 0.29) is 18.3 Å². The molecule has 0 fully saturated rings. The summed E-state index contributed by atoms with van der Waals surface area (Å²) in [5.41, 5.74) is 3.74. The zero-order valence-corrected chi connectivity index (χ0v) is 15.5. The molecule has 2 heterocycles. The number of pyridine rings is 2. The van der Waals surface area contributed by atoms with Gasteiger partial charge in [-0.1, -0.05) is 66.6 Å². The maximum Gasteiger partial charge on any atom is 0.0589 e. The Kier molecular flexibility index (Phi) is 7.93. The van der Waals surface area contributed by atoms with Gasteiger partial charge in [-0.25, -0.2) is 0 Å². The molecule has 128 valence electrons. The quantitative estimate of drug-likeness (QED) is 0.560. The van der Waals surface area contributed by atoms with E-state index >= 15 is 0 Å². The van der Waals surface area contributed by atoms with Crippen molar-refractivity contribution < 1.29 is 0 Å². The summed E-state index contributed by atoms with van der Waals surface area (Å²) in [5.74, 6) is 0. The van der Waals surface area contributed by atoms with Crippen LogP contribution < -0.4 is 0 Å². The second kappa shape index (κ2) is 8.44. The molecule has 2 rings (SSSR count). The van der Waals surface area contributed by atoms with E-state index in [4.69, 9.17) is 11.6 Å². The molecule has 2 nitrogen and oxygen atoms in total. The molecule has 3 heteroatoms. The molecule has 0 saturated carbocycles. The van der Waals surface area contributed by atoms with E-state index in [0.29, 0.717) is 5.02 Å². The molecule has 0 aliphatic carbocycles. The van der Waals surface area contributed by atoms with Crippen molar-refractivity contribution in [1.29, 1.82) is 0 Å². The lowest BCUT2D eigenvalue weighted by molar-refractivity contribution is 0.568. The lowest BCUT2D eigenvalue weighted by atomic mass is 9.91. The van der Waals surface area contributed by atoms with Gasteiger partial charge in [0.05, 0.1) is 5.02 Å². The van der Waals surface area contributed by atoms with Gasteiger partial charge in [0.25, 0.3) is 0 Å². The van der Waals surface area contributed by atoms with Crippen LogP contribution in [0, 0.1) is 6.92 Å². The first-order valence-electron chi connectivity index (χ1n) is 7.55. The zero-order chi connectivity index (χ0) is 17.0. The first-order chi connectivity index (χ1) is 10.00. The third kappa shape index (κ3) is 7.60. The first-order valence-corrected chi connectivity index (χ1v) is 7.93. The topological polar surface area (TPSA) is 25.8 Å². The molecule has 0 amide bonds. The molecule has 0 aliphatic rings. The third-order valence-electron chi connectivity index (χ3n) is 3.18. The highest BCUT2D eigenvalue weighted by atomic mass is 35.5. The minimum absolute atomic E-state index is 0. The first kappa shape index (κ1) is 21.6. The predicted molar refractivity (Wildman–Crippen MR) is 102 cm³/mol. The minimum atomic E-state index is 0. The van der Waals surface area contributed by atoms with Crippen LogP contribution in [0.25, 0.3) is 0 Å². The largest absolute Gasteiger partial charge is 0.260 e. The third-order valence-corrected chi connectivity index (χ3v) is 3.40. The molecule has 0 spiro atoms. The van der Waals surface area contributed by atoms with E-state index in [9.17, 15) is 0 Å². The van der Waals surface area contributed by atoms with Gasteiger partial charge in [-0.05, 0) is 30.7 Å². The van der Waals surface area contributed by atoms with Gasteiger partial charge >= 0.3 is 0 Å². The number of hydrogen-bond donors (Lipinski definition) is 0. The Morgan fingerprint density at radius 2 is 1.17 bits per heavy atom. The van der Waals surface area contributed by atoms with Gasteiger partial charge in [0.1, 0.15) is 0 Å². The van der Waals surface area contributed by atoms with Crippen LogP contribution in [0.15, 0.2) is 36.7 Å². The average molecular weight is 335 g/mol. The second-order valence-electron chi connectivity index (χ2n) is 7.58. The number of nitrogens with zero attached hydrogens (tertiary/aromatic N) is 2. The molecule has 0 radical (unpaired) electrons. The molecular formula is C20H31ClN2. The SMILES string of the molecule is C.CC(C)(C)c1ccc(Cl)cn1.Cc1ccc(C(C)(C)C)nc1. The Morgan fingerprint density at radius 3 is 1.48 bits per heavy atom. The van der Waals surface area contributed by atoms with E-state index in [2.05, 4.69) is 70.6 Å². The van der Waals surface area contributed by atoms with Crippen LogP contribution in [0.4, 0.5) is 0 Å².